The predicted octanol–water partition coefficient (Wildman–Crippen LogP) is 1.36. The molecule has 1 rings (SSSR count). The van der Waals surface area contributed by atoms with E-state index in [1.165, 1.54) is 0 Å². The van der Waals surface area contributed by atoms with Gasteiger partial charge in [0.2, 0.25) is 0 Å². The Balaban J connectivity index is 2.50. The SMILES string of the molecule is Cc1ncccc1OCC(C)CN. The first kappa shape index (κ1) is 9.99. The maximum Gasteiger partial charge on any atom is 0.140 e. The van der Waals surface area contributed by atoms with Gasteiger partial charge in [-0.25, -0.2) is 0 Å². The van der Waals surface area contributed by atoms with Crippen LogP contribution in [0, 0.1) is 12.8 Å². The van der Waals surface area contributed by atoms with Gasteiger partial charge in [-0.2, -0.15) is 0 Å². The number of nitrogens with two attached hydrogens (primary N) is 1. The quantitative estimate of drug-likeness (QED) is 0.761. The van der Waals surface area contributed by atoms with Crippen molar-refractivity contribution in [3.63, 3.8) is 0 Å². The third kappa shape index (κ3) is 3.03. The van der Waals surface area contributed by atoms with Gasteiger partial charge < -0.3 is 10.5 Å². The molecule has 0 aromatic carbocycles. The van der Waals surface area contributed by atoms with E-state index in [-0.39, 0.29) is 0 Å². The number of hydrogen-bond donors (Lipinski definition) is 1. The summed E-state index contributed by atoms with van der Waals surface area (Å²) in [5.41, 5.74) is 6.40. The molecule has 1 aromatic heterocycles. The van der Waals surface area contributed by atoms with Crippen molar-refractivity contribution in [2.75, 3.05) is 13.2 Å². The zero-order chi connectivity index (χ0) is 9.68. The van der Waals surface area contributed by atoms with Gasteiger partial charge in [0.25, 0.3) is 0 Å². The van der Waals surface area contributed by atoms with Crippen LogP contribution in [0.5, 0.6) is 5.75 Å². The molecule has 0 aliphatic carbocycles. The highest BCUT2D eigenvalue weighted by Gasteiger charge is 2.02. The molecular weight excluding hydrogens is 164 g/mol. The minimum atomic E-state index is 0.389. The molecule has 2 N–H and O–H groups in total. The van der Waals surface area contributed by atoms with Crippen LogP contribution in [-0.2, 0) is 0 Å². The van der Waals surface area contributed by atoms with Crippen LogP contribution in [0.4, 0.5) is 0 Å². The van der Waals surface area contributed by atoms with Crippen LogP contribution in [0.25, 0.3) is 0 Å². The molecule has 0 saturated heterocycles. The van der Waals surface area contributed by atoms with Crippen LogP contribution in [-0.4, -0.2) is 18.1 Å². The summed E-state index contributed by atoms with van der Waals surface area (Å²) in [7, 11) is 0. The lowest BCUT2D eigenvalue weighted by atomic mass is 10.2. The van der Waals surface area contributed by atoms with Crippen molar-refractivity contribution in [2.24, 2.45) is 11.7 Å². The van der Waals surface area contributed by atoms with Crippen LogP contribution in [0.1, 0.15) is 12.6 Å². The number of ether oxygens (including phenoxy) is 1. The summed E-state index contributed by atoms with van der Waals surface area (Å²) in [4.78, 5) is 4.13. The average Bonchev–Trinajstić information content (AvgIpc) is 2.16. The molecule has 0 amide bonds. The third-order valence-corrected chi connectivity index (χ3v) is 1.88. The molecule has 0 radical (unpaired) electrons. The van der Waals surface area contributed by atoms with Crippen LogP contribution in [0.2, 0.25) is 0 Å². The highest BCUT2D eigenvalue weighted by Crippen LogP contribution is 2.14. The van der Waals surface area contributed by atoms with Crippen molar-refractivity contribution in [1.29, 1.82) is 0 Å². The van der Waals surface area contributed by atoms with Crippen molar-refractivity contribution >= 4 is 0 Å². The van der Waals surface area contributed by atoms with E-state index in [9.17, 15) is 0 Å². The minimum Gasteiger partial charge on any atom is -0.491 e. The van der Waals surface area contributed by atoms with Crippen molar-refractivity contribution in [2.45, 2.75) is 13.8 Å². The van der Waals surface area contributed by atoms with Gasteiger partial charge in [-0.3, -0.25) is 4.98 Å². The van der Waals surface area contributed by atoms with Gasteiger partial charge in [0.15, 0.2) is 0 Å². The number of aryl methyl sites for hydroxylation is 1. The fourth-order valence-electron chi connectivity index (χ4n) is 0.922. The monoisotopic (exact) mass is 180 g/mol. The zero-order valence-corrected chi connectivity index (χ0v) is 8.16. The van der Waals surface area contributed by atoms with Crippen LogP contribution < -0.4 is 10.5 Å². The molecule has 0 aliphatic heterocycles. The maximum absolute atomic E-state index is 5.55. The lowest BCUT2D eigenvalue weighted by molar-refractivity contribution is 0.261. The number of nitrogens with zero attached hydrogens (tertiary/aromatic N) is 1. The van der Waals surface area contributed by atoms with Gasteiger partial charge in [0.05, 0.1) is 12.3 Å². The van der Waals surface area contributed by atoms with Gasteiger partial charge in [-0.15, -0.1) is 0 Å². The minimum absolute atomic E-state index is 0.389. The molecule has 3 heteroatoms. The summed E-state index contributed by atoms with van der Waals surface area (Å²) in [5, 5.41) is 0. The second-order valence-corrected chi connectivity index (χ2v) is 3.24. The number of pyridine rings is 1. The highest BCUT2D eigenvalue weighted by molar-refractivity contribution is 5.25. The van der Waals surface area contributed by atoms with Crippen molar-refractivity contribution in [1.82, 2.24) is 4.98 Å². The van der Waals surface area contributed by atoms with Crippen LogP contribution in [0.15, 0.2) is 18.3 Å². The molecule has 0 saturated carbocycles. The molecule has 72 valence electrons. The molecule has 1 atom stereocenters. The molecule has 0 aliphatic rings. The smallest absolute Gasteiger partial charge is 0.140 e. The van der Waals surface area contributed by atoms with E-state index in [0.717, 1.165) is 11.4 Å². The van der Waals surface area contributed by atoms with Crippen molar-refractivity contribution in [3.05, 3.63) is 24.0 Å². The van der Waals surface area contributed by atoms with Crippen LogP contribution in [0.3, 0.4) is 0 Å². The van der Waals surface area contributed by atoms with Gasteiger partial charge in [0, 0.05) is 12.1 Å². The largest absolute Gasteiger partial charge is 0.491 e. The van der Waals surface area contributed by atoms with Gasteiger partial charge in [-0.1, -0.05) is 6.92 Å². The molecule has 0 fully saturated rings. The van der Waals surface area contributed by atoms with E-state index in [2.05, 4.69) is 11.9 Å². The maximum atomic E-state index is 5.55. The first-order valence-electron chi connectivity index (χ1n) is 4.48. The van der Waals surface area contributed by atoms with Crippen molar-refractivity contribution < 1.29 is 4.74 Å². The Morgan fingerprint density at radius 2 is 2.38 bits per heavy atom. The first-order chi connectivity index (χ1) is 6.24. The average molecular weight is 180 g/mol. The van der Waals surface area contributed by atoms with Crippen molar-refractivity contribution in [3.8, 4) is 5.75 Å². The molecule has 13 heavy (non-hydrogen) atoms. The summed E-state index contributed by atoms with van der Waals surface area (Å²) >= 11 is 0. The van der Waals surface area contributed by atoms with E-state index in [1.54, 1.807) is 6.20 Å². The molecule has 1 heterocycles. The number of rotatable bonds is 4. The van der Waals surface area contributed by atoms with Gasteiger partial charge in [-0.05, 0) is 25.6 Å². The number of hydrogen-bond acceptors (Lipinski definition) is 3. The Morgan fingerprint density at radius 3 is 3.00 bits per heavy atom. The van der Waals surface area contributed by atoms with E-state index in [1.807, 2.05) is 19.1 Å². The first-order valence-corrected chi connectivity index (χ1v) is 4.48. The highest BCUT2D eigenvalue weighted by atomic mass is 16.5. The fourth-order valence-corrected chi connectivity index (χ4v) is 0.922. The fraction of sp³-hybridized carbons (Fsp3) is 0.500. The summed E-state index contributed by atoms with van der Waals surface area (Å²) in [6, 6.07) is 3.79. The predicted molar refractivity (Wildman–Crippen MR) is 52.7 cm³/mol. The Labute approximate surface area is 78.9 Å². The van der Waals surface area contributed by atoms with Gasteiger partial charge >= 0.3 is 0 Å². The lowest BCUT2D eigenvalue weighted by Gasteiger charge is -2.11. The molecular formula is C10H16N2O. The second-order valence-electron chi connectivity index (χ2n) is 3.24. The normalized spacial score (nSPS) is 12.5. The Morgan fingerprint density at radius 1 is 1.62 bits per heavy atom. The molecule has 1 aromatic rings. The third-order valence-electron chi connectivity index (χ3n) is 1.88. The molecule has 1 unspecified atom stereocenters. The Bertz CT molecular complexity index is 263. The van der Waals surface area contributed by atoms with E-state index < -0.39 is 0 Å². The molecule has 3 nitrogen and oxygen atoms in total. The van der Waals surface area contributed by atoms with Crippen LogP contribution >= 0.6 is 0 Å². The Hall–Kier alpha value is -1.09. The summed E-state index contributed by atoms with van der Waals surface area (Å²) < 4.78 is 5.55. The van der Waals surface area contributed by atoms with E-state index >= 15 is 0 Å². The lowest BCUT2D eigenvalue weighted by Crippen LogP contribution is -2.18. The molecule has 0 spiro atoms. The molecule has 0 bridgehead atoms. The topological polar surface area (TPSA) is 48.1 Å². The summed E-state index contributed by atoms with van der Waals surface area (Å²) in [6.45, 7) is 5.30. The van der Waals surface area contributed by atoms with E-state index in [0.29, 0.717) is 19.1 Å². The van der Waals surface area contributed by atoms with Gasteiger partial charge in [0.1, 0.15) is 5.75 Å². The zero-order valence-electron chi connectivity index (χ0n) is 8.16. The standard InChI is InChI=1S/C10H16N2O/c1-8(6-11)7-13-10-4-3-5-12-9(10)2/h3-5,8H,6-7,11H2,1-2H3. The summed E-state index contributed by atoms with van der Waals surface area (Å²) in [5.74, 6) is 1.24. The second kappa shape index (κ2) is 4.82. The Kier molecular flexibility index (Phi) is 3.71. The number of aromatic nitrogens is 1. The van der Waals surface area contributed by atoms with E-state index in [4.69, 9.17) is 10.5 Å². The summed E-state index contributed by atoms with van der Waals surface area (Å²) in [6.07, 6.45) is 1.76.